The van der Waals surface area contributed by atoms with E-state index in [0.29, 0.717) is 24.5 Å². The molecule has 1 heterocycles. The Morgan fingerprint density at radius 1 is 1.56 bits per heavy atom. The molecule has 0 aliphatic rings. The Bertz CT molecular complexity index is 350. The van der Waals surface area contributed by atoms with Gasteiger partial charge in [0.2, 0.25) is 0 Å². The predicted molar refractivity (Wildman–Crippen MR) is 65.8 cm³/mol. The van der Waals surface area contributed by atoms with E-state index >= 15 is 0 Å². The number of hydrogen-bond donors (Lipinski definition) is 2. The summed E-state index contributed by atoms with van der Waals surface area (Å²) in [5.41, 5.74) is 7.55. The van der Waals surface area contributed by atoms with Gasteiger partial charge < -0.3 is 20.4 Å². The SMILES string of the molecule is CCOC(=O)c1[nH]cc(CN(C)C)c1N.Cl. The number of nitrogen functional groups attached to an aromatic ring is 1. The van der Waals surface area contributed by atoms with Crippen LogP contribution in [0.25, 0.3) is 0 Å². The van der Waals surface area contributed by atoms with Crippen molar-refractivity contribution in [3.05, 3.63) is 17.5 Å². The summed E-state index contributed by atoms with van der Waals surface area (Å²) >= 11 is 0. The van der Waals surface area contributed by atoms with Crippen LogP contribution < -0.4 is 5.73 Å². The number of halogens is 1. The summed E-state index contributed by atoms with van der Waals surface area (Å²) in [5, 5.41) is 0. The highest BCUT2D eigenvalue weighted by Gasteiger charge is 2.16. The average molecular weight is 248 g/mol. The highest BCUT2D eigenvalue weighted by Crippen LogP contribution is 2.18. The number of ether oxygens (including phenoxy) is 1. The number of nitrogens with one attached hydrogen (secondary N) is 1. The van der Waals surface area contributed by atoms with Gasteiger partial charge in [-0.1, -0.05) is 0 Å². The Labute approximate surface area is 101 Å². The van der Waals surface area contributed by atoms with E-state index < -0.39 is 5.97 Å². The Hall–Kier alpha value is -1.20. The second-order valence-corrected chi connectivity index (χ2v) is 3.56. The molecule has 0 saturated carbocycles. The number of rotatable bonds is 4. The predicted octanol–water partition coefficient (Wildman–Crippen LogP) is 1.26. The maximum absolute atomic E-state index is 11.4. The van der Waals surface area contributed by atoms with Crippen LogP contribution in [0, 0.1) is 0 Å². The van der Waals surface area contributed by atoms with Gasteiger partial charge in [-0.05, 0) is 21.0 Å². The second-order valence-electron chi connectivity index (χ2n) is 3.56. The molecular formula is C10H18ClN3O2. The van der Waals surface area contributed by atoms with Crippen molar-refractivity contribution in [2.24, 2.45) is 0 Å². The molecule has 6 heteroatoms. The zero-order valence-electron chi connectivity index (χ0n) is 9.74. The van der Waals surface area contributed by atoms with E-state index in [-0.39, 0.29) is 12.4 Å². The molecule has 0 saturated heterocycles. The Morgan fingerprint density at radius 2 is 2.19 bits per heavy atom. The molecule has 92 valence electrons. The summed E-state index contributed by atoms with van der Waals surface area (Å²) in [7, 11) is 3.88. The van der Waals surface area contributed by atoms with Crippen LogP contribution in [0.15, 0.2) is 6.20 Å². The lowest BCUT2D eigenvalue weighted by atomic mass is 10.2. The van der Waals surface area contributed by atoms with Gasteiger partial charge in [-0.3, -0.25) is 0 Å². The number of hydrogen-bond acceptors (Lipinski definition) is 4. The van der Waals surface area contributed by atoms with Crippen molar-refractivity contribution in [3.8, 4) is 0 Å². The molecular weight excluding hydrogens is 230 g/mol. The minimum Gasteiger partial charge on any atom is -0.461 e. The quantitative estimate of drug-likeness (QED) is 0.786. The van der Waals surface area contributed by atoms with Gasteiger partial charge in [-0.2, -0.15) is 0 Å². The Kier molecular flexibility index (Phi) is 5.92. The van der Waals surface area contributed by atoms with Crippen LogP contribution in [-0.4, -0.2) is 36.6 Å². The van der Waals surface area contributed by atoms with Crippen molar-refractivity contribution < 1.29 is 9.53 Å². The third-order valence-corrected chi connectivity index (χ3v) is 1.97. The maximum atomic E-state index is 11.4. The van der Waals surface area contributed by atoms with Crippen molar-refractivity contribution in [3.63, 3.8) is 0 Å². The summed E-state index contributed by atoms with van der Waals surface area (Å²) in [5.74, 6) is -0.403. The van der Waals surface area contributed by atoms with E-state index in [2.05, 4.69) is 4.98 Å². The summed E-state index contributed by atoms with van der Waals surface area (Å²) in [4.78, 5) is 16.2. The van der Waals surface area contributed by atoms with Crippen LogP contribution in [0.1, 0.15) is 23.0 Å². The first-order valence-corrected chi connectivity index (χ1v) is 4.83. The van der Waals surface area contributed by atoms with Gasteiger partial charge in [-0.15, -0.1) is 12.4 Å². The molecule has 1 aromatic heterocycles. The minimum absolute atomic E-state index is 0. The molecule has 0 aliphatic carbocycles. The topological polar surface area (TPSA) is 71.4 Å². The molecule has 5 nitrogen and oxygen atoms in total. The molecule has 0 bridgehead atoms. The first kappa shape index (κ1) is 14.8. The first-order valence-electron chi connectivity index (χ1n) is 4.83. The van der Waals surface area contributed by atoms with Crippen LogP contribution in [0.5, 0.6) is 0 Å². The van der Waals surface area contributed by atoms with Gasteiger partial charge >= 0.3 is 5.97 Å². The van der Waals surface area contributed by atoms with Crippen LogP contribution >= 0.6 is 12.4 Å². The third-order valence-electron chi connectivity index (χ3n) is 1.97. The van der Waals surface area contributed by atoms with E-state index in [0.717, 1.165) is 5.56 Å². The molecule has 0 unspecified atom stereocenters. The summed E-state index contributed by atoms with van der Waals surface area (Å²) in [6, 6.07) is 0. The van der Waals surface area contributed by atoms with E-state index in [4.69, 9.17) is 10.5 Å². The molecule has 16 heavy (non-hydrogen) atoms. The lowest BCUT2D eigenvalue weighted by Crippen LogP contribution is -2.12. The largest absolute Gasteiger partial charge is 0.461 e. The van der Waals surface area contributed by atoms with Crippen molar-refractivity contribution in [1.82, 2.24) is 9.88 Å². The number of carbonyl (C=O) groups is 1. The summed E-state index contributed by atoms with van der Waals surface area (Å²) in [6.45, 7) is 2.81. The van der Waals surface area contributed by atoms with Gasteiger partial charge in [-0.25, -0.2) is 4.79 Å². The normalized spacial score (nSPS) is 10.0. The minimum atomic E-state index is -0.403. The number of aromatic nitrogens is 1. The van der Waals surface area contributed by atoms with Crippen molar-refractivity contribution in [1.29, 1.82) is 0 Å². The average Bonchev–Trinajstić information content (AvgIpc) is 2.48. The Morgan fingerprint density at radius 3 is 2.69 bits per heavy atom. The molecule has 0 radical (unpaired) electrons. The van der Waals surface area contributed by atoms with Gasteiger partial charge in [0.05, 0.1) is 12.3 Å². The van der Waals surface area contributed by atoms with Crippen LogP contribution in [0.3, 0.4) is 0 Å². The van der Waals surface area contributed by atoms with E-state index in [1.165, 1.54) is 0 Å². The lowest BCUT2D eigenvalue weighted by Gasteiger charge is -2.08. The van der Waals surface area contributed by atoms with E-state index in [1.54, 1.807) is 13.1 Å². The number of nitrogens with two attached hydrogens (primary N) is 1. The Balaban J connectivity index is 0.00000225. The monoisotopic (exact) mass is 247 g/mol. The highest BCUT2D eigenvalue weighted by atomic mass is 35.5. The first-order chi connectivity index (χ1) is 7.06. The molecule has 3 N–H and O–H groups in total. The molecule has 0 atom stereocenters. The second kappa shape index (κ2) is 6.40. The number of esters is 1. The highest BCUT2D eigenvalue weighted by molar-refractivity contribution is 5.94. The number of H-pyrrole nitrogens is 1. The fourth-order valence-electron chi connectivity index (χ4n) is 1.32. The molecule has 0 spiro atoms. The molecule has 0 aromatic carbocycles. The standard InChI is InChI=1S/C10H17N3O2.ClH/c1-4-15-10(14)9-8(11)7(5-12-9)6-13(2)3;/h5,12H,4,6,11H2,1-3H3;1H. The molecule has 1 rings (SSSR count). The lowest BCUT2D eigenvalue weighted by molar-refractivity contribution is 0.0521. The van der Waals surface area contributed by atoms with Gasteiger partial charge in [0.15, 0.2) is 0 Å². The number of anilines is 1. The van der Waals surface area contributed by atoms with Crippen molar-refractivity contribution in [2.75, 3.05) is 26.4 Å². The summed E-state index contributed by atoms with van der Waals surface area (Å²) in [6.07, 6.45) is 1.74. The van der Waals surface area contributed by atoms with E-state index in [1.807, 2.05) is 19.0 Å². The smallest absolute Gasteiger partial charge is 0.356 e. The summed E-state index contributed by atoms with van der Waals surface area (Å²) < 4.78 is 4.86. The zero-order chi connectivity index (χ0) is 11.4. The molecule has 0 aliphatic heterocycles. The van der Waals surface area contributed by atoms with E-state index in [9.17, 15) is 4.79 Å². The van der Waals surface area contributed by atoms with Crippen LogP contribution in [0.4, 0.5) is 5.69 Å². The van der Waals surface area contributed by atoms with Crippen LogP contribution in [0.2, 0.25) is 0 Å². The number of aromatic amines is 1. The van der Waals surface area contributed by atoms with Gasteiger partial charge in [0.1, 0.15) is 5.69 Å². The third kappa shape index (κ3) is 3.43. The van der Waals surface area contributed by atoms with Crippen molar-refractivity contribution in [2.45, 2.75) is 13.5 Å². The fourth-order valence-corrected chi connectivity index (χ4v) is 1.32. The number of nitrogens with zero attached hydrogens (tertiary/aromatic N) is 1. The fraction of sp³-hybridized carbons (Fsp3) is 0.500. The maximum Gasteiger partial charge on any atom is 0.356 e. The molecule has 0 fully saturated rings. The van der Waals surface area contributed by atoms with Crippen LogP contribution in [-0.2, 0) is 11.3 Å². The van der Waals surface area contributed by atoms with Gasteiger partial charge in [0.25, 0.3) is 0 Å². The molecule has 0 amide bonds. The number of carbonyl (C=O) groups excluding carboxylic acids is 1. The van der Waals surface area contributed by atoms with Gasteiger partial charge in [0, 0.05) is 18.3 Å². The zero-order valence-corrected chi connectivity index (χ0v) is 10.6. The van der Waals surface area contributed by atoms with Crippen molar-refractivity contribution >= 4 is 24.1 Å². The molecule has 1 aromatic rings.